The lowest BCUT2D eigenvalue weighted by Gasteiger charge is -2.33. The van der Waals surface area contributed by atoms with E-state index in [-0.39, 0.29) is 116 Å². The normalized spacial score (nSPS) is 12.9. The molecular formula is C102H84Cl4F8N12O8. The molecule has 12 aromatic carbocycles. The first-order valence-corrected chi connectivity index (χ1v) is 43.9. The van der Waals surface area contributed by atoms with Crippen LogP contribution in [0.25, 0.3) is 0 Å². The number of carbonyl (C=O) groups is 8. The highest BCUT2D eigenvalue weighted by Gasteiger charge is 2.29. The van der Waals surface area contributed by atoms with Gasteiger partial charge in [-0.1, -0.05) is 94.9 Å². The van der Waals surface area contributed by atoms with Gasteiger partial charge in [-0.15, -0.1) is 0 Å². The monoisotopic (exact) mass is 1900 g/mol. The third-order valence-corrected chi connectivity index (χ3v) is 23.3. The SMILES string of the molecule is N=C(c1ccc(C(=O)Cc2ccc(F)cc2C(=O)Nc2ccc(Cl)cc2)c(F)c1)N1CC1.N=C(c1ccc(C(=O)Cc2ccc(F)cc2C(=O)Nc2ccc(Cl)cc2)c(F)c1)N1CCC1.N=C(c1ccc(C(=O)Cc2ccc(F)cc2C(=O)Nc2ccc(Cl)cc2)c(F)c1)N1CCCC1.N=C(c1ccc(C(=O)Cc2ccc(F)cc2C(=O)Nc2ccc(Cl)cc2)c(F)c1)N1CCCCC1. The molecule has 4 aliphatic rings. The van der Waals surface area contributed by atoms with Crippen LogP contribution in [0.5, 0.6) is 0 Å². The van der Waals surface area contributed by atoms with Crippen molar-refractivity contribution < 1.29 is 73.5 Å². The van der Waals surface area contributed by atoms with Crippen molar-refractivity contribution >= 4 is 139 Å². The highest BCUT2D eigenvalue weighted by Crippen LogP contribution is 2.30. The Morgan fingerprint density at radius 3 is 0.634 bits per heavy atom. The Bertz CT molecular complexity index is 6560. The zero-order valence-electron chi connectivity index (χ0n) is 71.4. The number of piperidine rings is 1. The van der Waals surface area contributed by atoms with Crippen LogP contribution in [0.15, 0.2) is 243 Å². The van der Waals surface area contributed by atoms with Crippen molar-refractivity contribution in [2.45, 2.75) is 64.2 Å². The summed E-state index contributed by atoms with van der Waals surface area (Å²) in [5, 5.41) is 45.3. The molecular weight excluding hydrogens is 1810 g/mol. The van der Waals surface area contributed by atoms with Gasteiger partial charge in [-0.3, -0.25) is 60.0 Å². The van der Waals surface area contributed by atoms with E-state index in [4.69, 9.17) is 68.0 Å². The van der Waals surface area contributed by atoms with Gasteiger partial charge in [0.2, 0.25) is 0 Å². The predicted octanol–water partition coefficient (Wildman–Crippen LogP) is 22.1. The molecule has 4 aliphatic heterocycles. The van der Waals surface area contributed by atoms with Crippen molar-refractivity contribution in [2.24, 2.45) is 0 Å². The maximum absolute atomic E-state index is 14.9. The van der Waals surface area contributed by atoms with Crippen LogP contribution < -0.4 is 21.3 Å². The van der Waals surface area contributed by atoms with Crippen LogP contribution in [-0.4, -0.2) is 142 Å². The fourth-order valence-electron chi connectivity index (χ4n) is 14.8. The van der Waals surface area contributed by atoms with E-state index in [1.807, 2.05) is 14.7 Å². The summed E-state index contributed by atoms with van der Waals surface area (Å²) in [7, 11) is 0. The second-order valence-corrected chi connectivity index (χ2v) is 33.4. The van der Waals surface area contributed by atoms with Gasteiger partial charge >= 0.3 is 0 Å². The van der Waals surface area contributed by atoms with E-state index >= 15 is 0 Å². The van der Waals surface area contributed by atoms with E-state index in [1.165, 1.54) is 78.9 Å². The van der Waals surface area contributed by atoms with Gasteiger partial charge in [-0.2, -0.15) is 0 Å². The number of amides is 4. The number of benzene rings is 12. The molecule has 4 saturated heterocycles. The van der Waals surface area contributed by atoms with Crippen LogP contribution in [0.4, 0.5) is 57.9 Å². The maximum atomic E-state index is 14.9. The van der Waals surface area contributed by atoms with E-state index in [9.17, 15) is 73.5 Å². The molecule has 16 rings (SSSR count). The van der Waals surface area contributed by atoms with Gasteiger partial charge in [0.15, 0.2) is 23.1 Å². The Kier molecular flexibility index (Phi) is 32.5. The second-order valence-electron chi connectivity index (χ2n) is 31.7. The summed E-state index contributed by atoms with van der Waals surface area (Å²) in [6, 6.07) is 56.0. The van der Waals surface area contributed by atoms with Crippen molar-refractivity contribution in [2.75, 3.05) is 73.6 Å². The number of nitrogens with zero attached hydrogens (tertiary/aromatic N) is 4. The molecule has 134 heavy (non-hydrogen) atoms. The standard InChI is InChI=1S/C27H24ClF2N3O2.C26H22ClF2N3O2.C25H20ClF2N3O2.C24H18ClF2N3O2/c28-19-6-9-21(10-7-19)32-27(35)23-16-20(29)8-4-17(23)15-25(34)22-11-5-18(14-24(22)30)26(31)33-12-2-1-3-13-33;27-18-5-8-20(9-6-18)31-26(34)22-15-19(28)7-3-16(22)14-24(33)21-10-4-17(13-23(21)29)25(30)32-11-1-2-12-32;26-17-4-7-19(8-5-17)30-25(33)21-14-18(27)6-2-15(21)13-23(32)20-9-3-16(12-22(20)28)24(29)31-10-1-11-31;25-16-3-6-18(7-4-16)29-24(32)20-13-17(26)5-1-14(20)12-22(31)19-8-2-15(11-21(19)27)23(28)30-9-10-30/h4-11,14,16,31H,1-3,12-13,15H2,(H,32,35);3-10,13,15,30H,1-2,11-12,14H2,(H,31,34);2-9,12,14,29H,1,10-11,13H2,(H,30,33);1-8,11,13,28H,9-10,12H2,(H,29,32). The van der Waals surface area contributed by atoms with Gasteiger partial charge in [0.05, 0.1) is 22.3 Å². The number of rotatable bonds is 24. The zero-order valence-corrected chi connectivity index (χ0v) is 74.4. The Balaban J connectivity index is 0.000000152. The minimum Gasteiger partial charge on any atom is -0.357 e. The fraction of sp³-hybridized carbons (Fsp3) is 0.176. The topological polar surface area (TPSA) is 293 Å². The molecule has 0 radical (unpaired) electrons. The summed E-state index contributed by atoms with van der Waals surface area (Å²) in [6.07, 6.45) is 4.93. The lowest BCUT2D eigenvalue weighted by Crippen LogP contribution is -2.42. The Labute approximate surface area is 785 Å². The van der Waals surface area contributed by atoms with Crippen molar-refractivity contribution in [3.8, 4) is 0 Å². The average Bonchev–Trinajstić information content (AvgIpc) is 1.39. The smallest absolute Gasteiger partial charge is 0.256 e. The van der Waals surface area contributed by atoms with Gasteiger partial charge in [-0.25, -0.2) is 35.1 Å². The highest BCUT2D eigenvalue weighted by molar-refractivity contribution is 6.32. The van der Waals surface area contributed by atoms with Crippen molar-refractivity contribution in [3.05, 3.63) is 398 Å². The van der Waals surface area contributed by atoms with E-state index in [0.29, 0.717) is 65.1 Å². The van der Waals surface area contributed by atoms with Crippen LogP contribution in [-0.2, 0) is 25.7 Å². The number of Topliss-reactive ketones (excluding diaryl/α,β-unsaturated/α-hetero) is 4. The number of anilines is 4. The van der Waals surface area contributed by atoms with E-state index in [1.54, 1.807) is 114 Å². The van der Waals surface area contributed by atoms with E-state index < -0.39 is 93.3 Å². The second kappa shape index (κ2) is 44.7. The number of likely N-dealkylation sites (tertiary alicyclic amines) is 3. The number of nitrogens with one attached hydrogen (secondary N) is 8. The summed E-state index contributed by atoms with van der Waals surface area (Å²) >= 11 is 23.4. The summed E-state index contributed by atoms with van der Waals surface area (Å²) in [5.41, 5.74) is 3.83. The molecule has 0 unspecified atom stereocenters. The lowest BCUT2D eigenvalue weighted by atomic mass is 9.96. The first-order chi connectivity index (χ1) is 64.3. The molecule has 32 heteroatoms. The van der Waals surface area contributed by atoms with Crippen LogP contribution in [0.2, 0.25) is 20.1 Å². The molecule has 4 heterocycles. The highest BCUT2D eigenvalue weighted by atomic mass is 35.5. The quantitative estimate of drug-likeness (QED) is 0.00921. The average molecular weight is 1900 g/mol. The summed E-state index contributed by atoms with van der Waals surface area (Å²) in [6.45, 7) is 6.05. The van der Waals surface area contributed by atoms with Crippen molar-refractivity contribution in [3.63, 3.8) is 0 Å². The van der Waals surface area contributed by atoms with Crippen LogP contribution in [0, 0.1) is 68.2 Å². The first kappa shape index (κ1) is 97.2. The summed E-state index contributed by atoms with van der Waals surface area (Å²) < 4.78 is 115. The molecule has 0 bridgehead atoms. The van der Waals surface area contributed by atoms with Gasteiger partial charge < -0.3 is 40.9 Å². The Hall–Kier alpha value is -14.3. The lowest BCUT2D eigenvalue weighted by molar-refractivity contribution is 0.0976. The number of hydrogen-bond acceptors (Lipinski definition) is 12. The molecule has 0 aliphatic carbocycles. The molecule has 12 aromatic rings. The number of hydrogen-bond donors (Lipinski definition) is 8. The molecule has 0 atom stereocenters. The zero-order chi connectivity index (χ0) is 95.6. The van der Waals surface area contributed by atoms with Gasteiger partial charge in [0, 0.05) is 165 Å². The minimum absolute atomic E-state index is 0.0165. The van der Waals surface area contributed by atoms with Crippen LogP contribution >= 0.6 is 46.4 Å². The maximum Gasteiger partial charge on any atom is 0.256 e. The third kappa shape index (κ3) is 25.7. The molecule has 684 valence electrons. The number of halogens is 12. The van der Waals surface area contributed by atoms with E-state index in [0.717, 1.165) is 145 Å². The number of carbonyl (C=O) groups excluding carboxylic acids is 8. The van der Waals surface area contributed by atoms with Crippen LogP contribution in [0.3, 0.4) is 0 Å². The number of ketones is 4. The molecule has 4 fully saturated rings. The molecule has 0 saturated carbocycles. The van der Waals surface area contributed by atoms with Gasteiger partial charge in [-0.05, 0) is 255 Å². The van der Waals surface area contributed by atoms with Crippen LogP contribution in [0.1, 0.15) is 166 Å². The van der Waals surface area contributed by atoms with Crippen molar-refractivity contribution in [1.82, 2.24) is 19.6 Å². The molecule has 20 nitrogen and oxygen atoms in total. The first-order valence-electron chi connectivity index (χ1n) is 42.3. The largest absolute Gasteiger partial charge is 0.357 e. The molecule has 0 aromatic heterocycles. The summed E-state index contributed by atoms with van der Waals surface area (Å²) in [5.74, 6) is -9.18. The van der Waals surface area contributed by atoms with E-state index in [2.05, 4.69) is 21.3 Å². The predicted molar refractivity (Wildman–Crippen MR) is 502 cm³/mol. The molecule has 0 spiro atoms. The Morgan fingerprint density at radius 1 is 0.239 bits per heavy atom. The fourth-order valence-corrected chi connectivity index (χ4v) is 15.3. The third-order valence-electron chi connectivity index (χ3n) is 22.3. The van der Waals surface area contributed by atoms with Crippen molar-refractivity contribution in [1.29, 1.82) is 21.6 Å². The number of amidine groups is 4. The summed E-state index contributed by atoms with van der Waals surface area (Å²) in [4.78, 5) is 110. The Morgan fingerprint density at radius 2 is 0.440 bits per heavy atom. The molecule has 4 amide bonds. The molecule has 8 N–H and O–H groups in total. The van der Waals surface area contributed by atoms with Gasteiger partial charge in [0.1, 0.15) is 69.9 Å². The van der Waals surface area contributed by atoms with Gasteiger partial charge in [0.25, 0.3) is 23.6 Å². The minimum atomic E-state index is -0.742.